The van der Waals surface area contributed by atoms with Crippen molar-refractivity contribution in [3.8, 4) is 0 Å². The van der Waals surface area contributed by atoms with E-state index in [9.17, 15) is 9.90 Å². The third-order valence-electron chi connectivity index (χ3n) is 7.70. The number of piperazine rings is 1. The van der Waals surface area contributed by atoms with Crippen LogP contribution in [0.3, 0.4) is 0 Å². The number of imidazole rings is 1. The molecule has 39 heavy (non-hydrogen) atoms. The first-order valence-electron chi connectivity index (χ1n) is 13.8. The van der Waals surface area contributed by atoms with Crippen molar-refractivity contribution in [1.82, 2.24) is 29.3 Å². The van der Waals surface area contributed by atoms with Gasteiger partial charge in [0.2, 0.25) is 5.95 Å². The van der Waals surface area contributed by atoms with E-state index in [1.165, 1.54) is 5.69 Å². The van der Waals surface area contributed by atoms with Crippen LogP contribution in [0.5, 0.6) is 0 Å². The lowest BCUT2D eigenvalue weighted by Crippen LogP contribution is -2.52. The van der Waals surface area contributed by atoms with E-state index in [-0.39, 0.29) is 12.1 Å². The molecule has 5 rings (SSSR count). The zero-order chi connectivity index (χ0) is 27.9. The van der Waals surface area contributed by atoms with Gasteiger partial charge in [-0.05, 0) is 72.4 Å². The van der Waals surface area contributed by atoms with E-state index < -0.39 is 11.6 Å². The molecule has 2 aliphatic rings. The quantitative estimate of drug-likeness (QED) is 0.479. The Morgan fingerprint density at radius 1 is 1.05 bits per heavy atom. The van der Waals surface area contributed by atoms with Crippen LogP contribution >= 0.6 is 0 Å². The highest BCUT2D eigenvalue weighted by Gasteiger charge is 2.38. The fourth-order valence-corrected chi connectivity index (χ4v) is 5.59. The lowest BCUT2D eigenvalue weighted by Gasteiger charge is -2.37. The number of amides is 1. The fraction of sp³-hybridized carbons (Fsp3) is 0.571. The van der Waals surface area contributed by atoms with Gasteiger partial charge in [0, 0.05) is 62.2 Å². The Labute approximate surface area is 230 Å². The monoisotopic (exact) mass is 535 g/mol. The molecule has 11 nitrogen and oxygen atoms in total. The van der Waals surface area contributed by atoms with Crippen LogP contribution in [-0.4, -0.2) is 98.4 Å². The van der Waals surface area contributed by atoms with Gasteiger partial charge in [-0.25, -0.2) is 9.78 Å². The first-order valence-corrected chi connectivity index (χ1v) is 13.8. The van der Waals surface area contributed by atoms with Gasteiger partial charge in [-0.3, -0.25) is 4.90 Å². The number of hydrogen-bond donors (Lipinski definition) is 2. The maximum absolute atomic E-state index is 12.1. The number of fused-ring (bicyclic) bond motifs is 1. The van der Waals surface area contributed by atoms with Gasteiger partial charge in [0.15, 0.2) is 17.0 Å². The van der Waals surface area contributed by atoms with Crippen LogP contribution in [0.15, 0.2) is 30.6 Å². The topological polar surface area (TPSA) is 106 Å². The predicted molar refractivity (Wildman–Crippen MR) is 155 cm³/mol. The molecular formula is C28H41N9O2. The summed E-state index contributed by atoms with van der Waals surface area (Å²) in [4.78, 5) is 35.0. The van der Waals surface area contributed by atoms with Gasteiger partial charge < -0.3 is 29.7 Å². The zero-order valence-corrected chi connectivity index (χ0v) is 23.9. The fourth-order valence-electron chi connectivity index (χ4n) is 5.59. The first kappa shape index (κ1) is 27.0. The number of carboxylic acid groups (broad SMARTS) is 1. The molecule has 0 aliphatic carbocycles. The molecule has 0 spiro atoms. The van der Waals surface area contributed by atoms with Crippen LogP contribution in [0.2, 0.25) is 0 Å². The number of aromatic nitrogens is 4. The summed E-state index contributed by atoms with van der Waals surface area (Å²) in [5, 5.41) is 13.4. The van der Waals surface area contributed by atoms with Gasteiger partial charge in [-0.2, -0.15) is 9.97 Å². The molecule has 0 saturated carbocycles. The molecule has 2 fully saturated rings. The molecule has 1 aromatic carbocycles. The molecule has 4 heterocycles. The number of benzene rings is 1. The lowest BCUT2D eigenvalue weighted by molar-refractivity contribution is 0.0762. The molecule has 11 heteroatoms. The molecule has 2 aliphatic heterocycles. The minimum Gasteiger partial charge on any atom is -0.465 e. The van der Waals surface area contributed by atoms with E-state index in [0.29, 0.717) is 30.4 Å². The van der Waals surface area contributed by atoms with Gasteiger partial charge in [0.25, 0.3) is 0 Å². The number of anilines is 4. The van der Waals surface area contributed by atoms with Gasteiger partial charge in [0.05, 0.1) is 12.4 Å². The van der Waals surface area contributed by atoms with Crippen LogP contribution < -0.4 is 15.1 Å². The standard InChI is InChI=1S/C28H41N9O2/c1-19(2)36-18-29-23-24(30-20-7-9-21(10-8-20)34-15-13-33(6)14-16-34)31-26(32-25(23)36)35-12-11-22(17-35)37(27(38)39)28(3,4)5/h7-10,18-19,22H,11-17H2,1-6H3,(H,38,39)(H,30,31,32). The number of nitrogens with one attached hydrogen (secondary N) is 1. The van der Waals surface area contributed by atoms with Gasteiger partial charge >= 0.3 is 6.09 Å². The number of rotatable bonds is 6. The zero-order valence-electron chi connectivity index (χ0n) is 23.9. The molecule has 0 bridgehead atoms. The molecule has 0 radical (unpaired) electrons. The van der Waals surface area contributed by atoms with E-state index in [4.69, 9.17) is 9.97 Å². The largest absolute Gasteiger partial charge is 0.465 e. The number of nitrogens with zero attached hydrogens (tertiary/aromatic N) is 8. The maximum atomic E-state index is 12.1. The molecule has 2 aromatic heterocycles. The molecule has 3 aromatic rings. The second-order valence-electron chi connectivity index (χ2n) is 12.0. The molecule has 210 valence electrons. The summed E-state index contributed by atoms with van der Waals surface area (Å²) in [6, 6.07) is 8.52. The van der Waals surface area contributed by atoms with Crippen LogP contribution in [0.4, 0.5) is 27.9 Å². The van der Waals surface area contributed by atoms with Gasteiger partial charge in [0.1, 0.15) is 0 Å². The molecule has 1 atom stereocenters. The SMILES string of the molecule is CC(C)n1cnc2c(Nc3ccc(N4CCN(C)CC4)cc3)nc(N3CCC(N(C(=O)O)C(C)(C)C)C3)nc21. The Bertz CT molecular complexity index is 1310. The Morgan fingerprint density at radius 3 is 2.36 bits per heavy atom. The van der Waals surface area contributed by atoms with Crippen molar-refractivity contribution in [2.45, 2.75) is 58.7 Å². The van der Waals surface area contributed by atoms with Crippen LogP contribution in [0, 0.1) is 0 Å². The second-order valence-corrected chi connectivity index (χ2v) is 12.0. The molecule has 2 N–H and O–H groups in total. The van der Waals surface area contributed by atoms with Gasteiger partial charge in [-0.15, -0.1) is 0 Å². The number of likely N-dealkylation sites (N-methyl/N-ethyl adjacent to an activating group) is 1. The number of carbonyl (C=O) groups is 1. The predicted octanol–water partition coefficient (Wildman–Crippen LogP) is 4.26. The third kappa shape index (κ3) is 5.59. The van der Waals surface area contributed by atoms with Crippen molar-refractivity contribution < 1.29 is 9.90 Å². The summed E-state index contributed by atoms with van der Waals surface area (Å²) in [5.74, 6) is 1.24. The highest BCUT2D eigenvalue weighted by atomic mass is 16.4. The lowest BCUT2D eigenvalue weighted by atomic mass is 10.0. The average Bonchev–Trinajstić information content (AvgIpc) is 3.52. The highest BCUT2D eigenvalue weighted by molar-refractivity contribution is 5.87. The Balaban J connectivity index is 1.42. The van der Waals surface area contributed by atoms with Crippen LogP contribution in [-0.2, 0) is 0 Å². The Hall–Kier alpha value is -3.60. The molecular weight excluding hydrogens is 494 g/mol. The van der Waals surface area contributed by atoms with E-state index in [2.05, 4.69) is 74.7 Å². The van der Waals surface area contributed by atoms with Crippen molar-refractivity contribution >= 4 is 40.4 Å². The molecule has 2 saturated heterocycles. The normalized spacial score (nSPS) is 18.8. The third-order valence-corrected chi connectivity index (χ3v) is 7.70. The van der Waals surface area contributed by atoms with Crippen molar-refractivity contribution in [2.75, 3.05) is 61.4 Å². The molecule has 1 unspecified atom stereocenters. The highest BCUT2D eigenvalue weighted by Crippen LogP contribution is 2.31. The van der Waals surface area contributed by atoms with Gasteiger partial charge in [-0.1, -0.05) is 0 Å². The van der Waals surface area contributed by atoms with Crippen molar-refractivity contribution in [2.24, 2.45) is 0 Å². The van der Waals surface area contributed by atoms with Crippen LogP contribution in [0.25, 0.3) is 11.2 Å². The number of hydrogen-bond acceptors (Lipinski definition) is 8. The smallest absolute Gasteiger partial charge is 0.408 e. The van der Waals surface area contributed by atoms with E-state index in [1.54, 1.807) is 4.90 Å². The minimum absolute atomic E-state index is 0.129. The van der Waals surface area contributed by atoms with E-state index in [1.807, 2.05) is 27.1 Å². The summed E-state index contributed by atoms with van der Waals surface area (Å²) >= 11 is 0. The summed E-state index contributed by atoms with van der Waals surface area (Å²) in [6.07, 6.45) is 1.64. The van der Waals surface area contributed by atoms with E-state index >= 15 is 0 Å². The van der Waals surface area contributed by atoms with Crippen molar-refractivity contribution in [3.05, 3.63) is 30.6 Å². The summed E-state index contributed by atoms with van der Waals surface area (Å²) in [6.45, 7) is 15.4. The minimum atomic E-state index is -0.897. The van der Waals surface area contributed by atoms with Crippen LogP contribution in [0.1, 0.15) is 47.1 Å². The van der Waals surface area contributed by atoms with Crippen molar-refractivity contribution in [1.29, 1.82) is 0 Å². The average molecular weight is 536 g/mol. The molecule has 1 amide bonds. The van der Waals surface area contributed by atoms with Crippen molar-refractivity contribution in [3.63, 3.8) is 0 Å². The summed E-state index contributed by atoms with van der Waals surface area (Å²) in [5.41, 5.74) is 3.14. The second kappa shape index (κ2) is 10.5. The maximum Gasteiger partial charge on any atom is 0.408 e. The Morgan fingerprint density at radius 2 is 1.74 bits per heavy atom. The van der Waals surface area contributed by atoms with E-state index in [0.717, 1.165) is 43.9 Å². The summed E-state index contributed by atoms with van der Waals surface area (Å²) < 4.78 is 2.05. The first-order chi connectivity index (χ1) is 18.5. The Kier molecular flexibility index (Phi) is 7.28. The summed E-state index contributed by atoms with van der Waals surface area (Å²) in [7, 11) is 2.16.